The molecular formula is C52H61F7N10O8. The van der Waals surface area contributed by atoms with Gasteiger partial charge in [-0.15, -0.1) is 0 Å². The predicted octanol–water partition coefficient (Wildman–Crippen LogP) is 5.69. The molecule has 6 heterocycles. The number of pyridine rings is 1. The first-order chi connectivity index (χ1) is 36.3. The Kier molecular flexibility index (Phi) is 17.8. The average Bonchev–Trinajstić information content (AvgIpc) is 3.87. The number of halogens is 7. The molecule has 4 aromatic rings. The number of methoxy groups -OCH3 is 2. The number of benzene rings is 2. The van der Waals surface area contributed by atoms with Crippen LogP contribution in [0, 0.1) is 34.3 Å². The Morgan fingerprint density at radius 3 is 1.95 bits per heavy atom. The van der Waals surface area contributed by atoms with Crippen LogP contribution < -0.4 is 26.3 Å². The van der Waals surface area contributed by atoms with Crippen molar-refractivity contribution in [2.24, 2.45) is 10.8 Å². The molecule has 2 aromatic heterocycles. The van der Waals surface area contributed by atoms with Gasteiger partial charge in [-0.05, 0) is 80.1 Å². The Morgan fingerprint density at radius 1 is 0.831 bits per heavy atom. The monoisotopic (exact) mass is 1090 g/mol. The zero-order valence-electron chi connectivity index (χ0n) is 43.3. The summed E-state index contributed by atoms with van der Waals surface area (Å²) in [6, 6.07) is 9.03. The molecule has 4 saturated heterocycles. The molecule has 4 aliphatic heterocycles. The fourth-order valence-electron chi connectivity index (χ4n) is 9.32. The Morgan fingerprint density at radius 2 is 1.43 bits per heavy atom. The highest BCUT2D eigenvalue weighted by Gasteiger charge is 2.56. The number of alkyl carbamates (subject to hydrolysis) is 2. The Bertz CT molecular complexity index is 2780. The minimum Gasteiger partial charge on any atom is -0.453 e. The van der Waals surface area contributed by atoms with Crippen LogP contribution in [0.1, 0.15) is 69.8 Å². The van der Waals surface area contributed by atoms with Gasteiger partial charge in [-0.2, -0.15) is 27.1 Å². The lowest BCUT2D eigenvalue weighted by Gasteiger charge is -2.60. The van der Waals surface area contributed by atoms with Crippen LogP contribution in [-0.2, 0) is 36.8 Å². The number of hydrazine groups is 1. The van der Waals surface area contributed by atoms with Crippen LogP contribution in [0.2, 0.25) is 0 Å². The number of ether oxygens (including phenoxy) is 3. The highest BCUT2D eigenvalue weighted by Crippen LogP contribution is 2.41. The maximum Gasteiger partial charge on any atom is 0.407 e. The summed E-state index contributed by atoms with van der Waals surface area (Å²) in [5, 5.41) is 23.3. The van der Waals surface area contributed by atoms with E-state index in [0.29, 0.717) is 48.7 Å². The van der Waals surface area contributed by atoms with Gasteiger partial charge < -0.3 is 40.2 Å². The predicted molar refractivity (Wildman–Crippen MR) is 264 cm³/mol. The van der Waals surface area contributed by atoms with Crippen molar-refractivity contribution < 1.29 is 69.2 Å². The summed E-state index contributed by atoms with van der Waals surface area (Å²) in [6.07, 6.45) is -5.99. The van der Waals surface area contributed by atoms with Gasteiger partial charge in [0.05, 0.1) is 56.7 Å². The second-order valence-electron chi connectivity index (χ2n) is 20.8. The van der Waals surface area contributed by atoms with E-state index in [4.69, 9.17) is 9.47 Å². The average molecular weight is 1090 g/mol. The van der Waals surface area contributed by atoms with Crippen LogP contribution in [0.3, 0.4) is 0 Å². The lowest BCUT2D eigenvalue weighted by Crippen LogP contribution is -2.74. The van der Waals surface area contributed by atoms with E-state index in [1.54, 1.807) is 51.2 Å². The molecule has 77 heavy (non-hydrogen) atoms. The van der Waals surface area contributed by atoms with E-state index in [0.717, 1.165) is 82.2 Å². The fourth-order valence-corrected chi connectivity index (χ4v) is 9.32. The summed E-state index contributed by atoms with van der Waals surface area (Å²) in [6.45, 7) is 4.63. The maximum atomic E-state index is 16.0. The number of hydrogen-bond acceptors (Lipinski definition) is 13. The number of piperazine rings is 1. The van der Waals surface area contributed by atoms with E-state index in [1.165, 1.54) is 0 Å². The zero-order chi connectivity index (χ0) is 56.1. The van der Waals surface area contributed by atoms with Gasteiger partial charge in [0, 0.05) is 72.9 Å². The van der Waals surface area contributed by atoms with Crippen molar-refractivity contribution in [3.8, 4) is 23.1 Å². The number of rotatable bonds is 18. The number of carbonyl (C=O) groups is 4. The van der Waals surface area contributed by atoms with Crippen LogP contribution >= 0.6 is 0 Å². The number of piperidine rings is 1. The number of carbonyl (C=O) groups excluding carboxylic acids is 4. The number of nitrogens with zero attached hydrogens (tertiary/aromatic N) is 6. The van der Waals surface area contributed by atoms with Crippen LogP contribution in [0.15, 0.2) is 67.0 Å². The number of fused-ring (bicyclic) bond motifs is 2. The summed E-state index contributed by atoms with van der Waals surface area (Å²) >= 11 is 0. The molecule has 0 radical (unpaired) electrons. The summed E-state index contributed by atoms with van der Waals surface area (Å²) in [4.78, 5) is 62.4. The van der Waals surface area contributed by atoms with Crippen molar-refractivity contribution in [2.45, 2.75) is 109 Å². The van der Waals surface area contributed by atoms with Gasteiger partial charge in [0.2, 0.25) is 5.91 Å². The summed E-state index contributed by atoms with van der Waals surface area (Å²) in [5.74, 6) is 2.11. The van der Waals surface area contributed by atoms with Gasteiger partial charge in [0.15, 0.2) is 0 Å². The van der Waals surface area contributed by atoms with Gasteiger partial charge >= 0.3 is 24.9 Å². The molecule has 4 aliphatic rings. The quantitative estimate of drug-likeness (QED) is 0.0463. The Balaban J connectivity index is 1.16. The molecule has 4 amide bonds. The summed E-state index contributed by atoms with van der Waals surface area (Å²) in [5.41, 5.74) is -1.11. The first-order valence-corrected chi connectivity index (χ1v) is 24.5. The molecule has 0 saturated carbocycles. The lowest BCUT2D eigenvalue weighted by atomic mass is 9.82. The number of anilines is 1. The zero-order valence-corrected chi connectivity index (χ0v) is 43.3. The van der Waals surface area contributed by atoms with Gasteiger partial charge in [-0.1, -0.05) is 44.7 Å². The first-order valence-electron chi connectivity index (χ1n) is 24.5. The van der Waals surface area contributed by atoms with Crippen molar-refractivity contribution in [1.29, 1.82) is 0 Å². The molecule has 0 aliphatic carbocycles. The van der Waals surface area contributed by atoms with E-state index >= 15 is 8.78 Å². The van der Waals surface area contributed by atoms with Gasteiger partial charge in [0.1, 0.15) is 29.5 Å². The van der Waals surface area contributed by atoms with E-state index in [1.807, 2.05) is 17.4 Å². The molecule has 25 heteroatoms. The van der Waals surface area contributed by atoms with Crippen molar-refractivity contribution in [3.05, 3.63) is 101 Å². The van der Waals surface area contributed by atoms with Crippen molar-refractivity contribution in [3.63, 3.8) is 0 Å². The standard InChI is InChI=1S/C52H61F7N10O8/c1-50(2,3)43(62-48(73)75-6)46(72)65-67(25-36-37(53)19-32(20-38(36)54)39-16-17-68(64-39)47(55)56)26-41(70)40(61-45(71)44(63-49(74)76-7)51(4,5)52(57,58)59)18-30-11-8-29(9-12-30)10-13-31-14-15-42(60-22-31)66-23-33-21-34(24-66)69(33)35-27-77-28-35/h8-9,11-12,14-17,19-20,22,33-35,40-41,43-44,47,70H,18,21,23-28H2,1-7H3,(H,61,71)(H,62,73)(H,63,74)(H,65,72)/t33?,34?,40-,41-,43+,44+/m0/s1. The van der Waals surface area contributed by atoms with Crippen molar-refractivity contribution in [2.75, 3.05) is 52.0 Å². The molecule has 6 atom stereocenters. The fraction of sp³-hybridized carbons (Fsp3) is 0.500. The molecular weight excluding hydrogens is 1030 g/mol. The van der Waals surface area contributed by atoms with Crippen LogP contribution in [-0.4, -0.2) is 149 Å². The SMILES string of the molecule is COC(=O)N[C@H](C(=O)NN(Cc1c(F)cc(-c2ccn(C(F)F)n2)cc1F)C[C@H](O)[C@H](Cc1ccc(C#Cc2ccc(N3CC4CC(C3)N4C3COC3)nc2)cc1)NC(=O)[C@@H](NC(=O)OC)C(C)(C)C(F)(F)F)C(C)(C)C. The van der Waals surface area contributed by atoms with E-state index in [-0.39, 0.29) is 22.4 Å². The number of alkyl halides is 5. The van der Waals surface area contributed by atoms with Gasteiger partial charge in [-0.3, -0.25) is 19.9 Å². The van der Waals surface area contributed by atoms with Crippen LogP contribution in [0.5, 0.6) is 0 Å². The number of aromatic nitrogens is 3. The summed E-state index contributed by atoms with van der Waals surface area (Å²) in [7, 11) is 1.93. The van der Waals surface area contributed by atoms with Crippen molar-refractivity contribution >= 4 is 29.8 Å². The normalized spacial score (nSPS) is 18.4. The molecule has 2 unspecified atom stereocenters. The smallest absolute Gasteiger partial charge is 0.407 e. The molecule has 18 nitrogen and oxygen atoms in total. The number of amides is 4. The van der Waals surface area contributed by atoms with Crippen LogP contribution in [0.4, 0.5) is 46.1 Å². The maximum absolute atomic E-state index is 16.0. The molecule has 0 spiro atoms. The molecule has 5 N–H and O–H groups in total. The molecule has 2 aromatic carbocycles. The largest absolute Gasteiger partial charge is 0.453 e. The van der Waals surface area contributed by atoms with E-state index in [2.05, 4.69) is 52.5 Å². The minimum atomic E-state index is -5.09. The highest BCUT2D eigenvalue weighted by atomic mass is 19.4. The number of hydrogen-bond donors (Lipinski definition) is 5. The molecule has 4 fully saturated rings. The first kappa shape index (κ1) is 57.7. The van der Waals surface area contributed by atoms with E-state index < -0.39 is 102 Å². The van der Waals surface area contributed by atoms with Crippen molar-refractivity contribution in [1.82, 2.24) is 46.0 Å². The number of aliphatic hydroxyl groups excluding tert-OH is 1. The molecule has 8 rings (SSSR count). The third-order valence-corrected chi connectivity index (χ3v) is 13.9. The molecule has 2 bridgehead atoms. The minimum absolute atomic E-state index is 0.205. The second-order valence-corrected chi connectivity index (χ2v) is 20.8. The number of aliphatic hydroxyl groups is 1. The number of nitrogens with one attached hydrogen (secondary N) is 4. The third-order valence-electron chi connectivity index (χ3n) is 13.9. The topological polar surface area (TPSA) is 205 Å². The van der Waals surface area contributed by atoms with E-state index in [9.17, 15) is 46.2 Å². The highest BCUT2D eigenvalue weighted by molar-refractivity contribution is 5.87. The lowest BCUT2D eigenvalue weighted by molar-refractivity contribution is -0.220. The Labute approximate surface area is 439 Å². The van der Waals surface area contributed by atoms with Gasteiger partial charge in [-0.25, -0.2) is 33.0 Å². The van der Waals surface area contributed by atoms with Crippen LogP contribution in [0.25, 0.3) is 11.3 Å². The van der Waals surface area contributed by atoms with Gasteiger partial charge in [0.25, 0.3) is 5.91 Å². The summed E-state index contributed by atoms with van der Waals surface area (Å²) < 4.78 is 117. The Hall–Kier alpha value is -7.01. The molecule has 416 valence electrons. The third kappa shape index (κ3) is 13.8. The second kappa shape index (κ2) is 23.7.